The molecule has 0 saturated heterocycles. The van der Waals surface area contributed by atoms with Crippen LogP contribution in [-0.4, -0.2) is 35.6 Å². The fraction of sp³-hybridized carbons (Fsp3) is 0.471. The van der Waals surface area contributed by atoms with E-state index in [1.165, 1.54) is 18.2 Å². The van der Waals surface area contributed by atoms with E-state index in [0.717, 1.165) is 12.8 Å². The van der Waals surface area contributed by atoms with Crippen LogP contribution in [0.15, 0.2) is 18.2 Å². The maximum Gasteiger partial charge on any atom is 0.255 e. The molecule has 0 fully saturated rings. The van der Waals surface area contributed by atoms with Gasteiger partial charge in [0.1, 0.15) is 5.82 Å². The average Bonchev–Trinajstić information content (AvgIpc) is 2.47. The van der Waals surface area contributed by atoms with Gasteiger partial charge < -0.3 is 10.0 Å². The van der Waals surface area contributed by atoms with Gasteiger partial charge in [-0.25, -0.2) is 4.39 Å². The summed E-state index contributed by atoms with van der Waals surface area (Å²) in [5.74, 6) is 4.98. The van der Waals surface area contributed by atoms with Gasteiger partial charge in [-0.2, -0.15) is 0 Å². The first-order chi connectivity index (χ1) is 10.1. The highest BCUT2D eigenvalue weighted by Crippen LogP contribution is 2.14. The van der Waals surface area contributed by atoms with Crippen LogP contribution in [-0.2, 0) is 0 Å². The second kappa shape index (κ2) is 9.15. The molecule has 0 radical (unpaired) electrons. The largest absolute Gasteiger partial charge is 0.395 e. The molecule has 0 aromatic heterocycles. The normalized spacial score (nSPS) is 9.90. The van der Waals surface area contributed by atoms with E-state index in [9.17, 15) is 9.18 Å². The summed E-state index contributed by atoms with van der Waals surface area (Å²) in [6.45, 7) is 5.33. The number of nitrogens with zero attached hydrogens (tertiary/aromatic N) is 1. The smallest absolute Gasteiger partial charge is 0.255 e. The first-order valence-corrected chi connectivity index (χ1v) is 7.32. The number of carbonyl (C=O) groups excluding carboxylic acids is 1. The van der Waals surface area contributed by atoms with E-state index in [4.69, 9.17) is 5.11 Å². The third kappa shape index (κ3) is 5.20. The number of aliphatic hydroxyl groups is 1. The van der Waals surface area contributed by atoms with Crippen LogP contribution in [0.1, 0.15) is 49.0 Å². The van der Waals surface area contributed by atoms with Crippen LogP contribution in [0.5, 0.6) is 0 Å². The Hall–Kier alpha value is -1.86. The number of carbonyl (C=O) groups is 1. The second-order valence-corrected chi connectivity index (χ2v) is 4.76. The van der Waals surface area contributed by atoms with Gasteiger partial charge in [0.15, 0.2) is 0 Å². The number of hydrogen-bond acceptors (Lipinski definition) is 2. The maximum absolute atomic E-state index is 13.4. The number of aliphatic hydroxyl groups excluding tert-OH is 1. The van der Waals surface area contributed by atoms with Crippen LogP contribution in [0, 0.1) is 17.7 Å². The SMILES string of the molecule is CCCN(CCC)C(=O)c1ccc(F)cc1C#CCCO. The van der Waals surface area contributed by atoms with Crippen molar-refractivity contribution in [2.45, 2.75) is 33.1 Å². The van der Waals surface area contributed by atoms with E-state index in [-0.39, 0.29) is 12.5 Å². The molecule has 0 aliphatic carbocycles. The first kappa shape index (κ1) is 17.2. The standard InChI is InChI=1S/C17H22FNO2/c1-3-10-19(11-4-2)17(21)16-9-8-15(18)13-14(16)7-5-6-12-20/h8-9,13,20H,3-4,6,10-12H2,1-2H3. The van der Waals surface area contributed by atoms with E-state index < -0.39 is 5.82 Å². The van der Waals surface area contributed by atoms with Crippen molar-refractivity contribution in [2.24, 2.45) is 0 Å². The second-order valence-electron chi connectivity index (χ2n) is 4.76. The molecule has 0 heterocycles. The molecule has 1 aromatic rings. The monoisotopic (exact) mass is 291 g/mol. The van der Waals surface area contributed by atoms with Crippen LogP contribution in [0.2, 0.25) is 0 Å². The molecule has 1 rings (SSSR count). The molecule has 0 bridgehead atoms. The van der Waals surface area contributed by atoms with Gasteiger partial charge in [0.05, 0.1) is 12.2 Å². The van der Waals surface area contributed by atoms with Gasteiger partial charge in [-0.05, 0) is 31.0 Å². The molecule has 0 unspecified atom stereocenters. The number of amides is 1. The highest BCUT2D eigenvalue weighted by atomic mass is 19.1. The minimum atomic E-state index is -0.419. The molecule has 0 saturated carbocycles. The number of rotatable bonds is 6. The fourth-order valence-corrected chi connectivity index (χ4v) is 2.05. The van der Waals surface area contributed by atoms with Gasteiger partial charge in [0.25, 0.3) is 5.91 Å². The van der Waals surface area contributed by atoms with Gasteiger partial charge in [-0.1, -0.05) is 25.7 Å². The summed E-state index contributed by atoms with van der Waals surface area (Å²) in [5, 5.41) is 8.75. The summed E-state index contributed by atoms with van der Waals surface area (Å²) in [4.78, 5) is 14.3. The van der Waals surface area contributed by atoms with Crippen molar-refractivity contribution in [1.82, 2.24) is 4.90 Å². The molecule has 21 heavy (non-hydrogen) atoms. The van der Waals surface area contributed by atoms with Gasteiger partial charge in [-0.3, -0.25) is 4.79 Å². The van der Waals surface area contributed by atoms with Crippen molar-refractivity contribution < 1.29 is 14.3 Å². The summed E-state index contributed by atoms with van der Waals surface area (Å²) in [6, 6.07) is 4.03. The highest BCUT2D eigenvalue weighted by Gasteiger charge is 2.17. The predicted molar refractivity (Wildman–Crippen MR) is 81.5 cm³/mol. The van der Waals surface area contributed by atoms with E-state index in [1.54, 1.807) is 4.90 Å². The zero-order valence-electron chi connectivity index (χ0n) is 12.7. The van der Waals surface area contributed by atoms with E-state index in [0.29, 0.717) is 30.6 Å². The summed E-state index contributed by atoms with van der Waals surface area (Å²) >= 11 is 0. The average molecular weight is 291 g/mol. The van der Waals surface area contributed by atoms with Crippen molar-refractivity contribution in [2.75, 3.05) is 19.7 Å². The number of hydrogen-bond donors (Lipinski definition) is 1. The minimum Gasteiger partial charge on any atom is -0.395 e. The Morgan fingerprint density at radius 2 is 1.95 bits per heavy atom. The Kier molecular flexibility index (Phi) is 7.49. The summed E-state index contributed by atoms with van der Waals surface area (Å²) in [5.41, 5.74) is 0.800. The molecule has 114 valence electrons. The topological polar surface area (TPSA) is 40.5 Å². The maximum atomic E-state index is 13.4. The minimum absolute atomic E-state index is 0.0522. The zero-order chi connectivity index (χ0) is 15.7. The van der Waals surface area contributed by atoms with Gasteiger partial charge in [0, 0.05) is 25.1 Å². The third-order valence-electron chi connectivity index (χ3n) is 2.95. The Morgan fingerprint density at radius 3 is 2.52 bits per heavy atom. The lowest BCUT2D eigenvalue weighted by Gasteiger charge is -2.22. The summed E-state index contributed by atoms with van der Waals surface area (Å²) in [7, 11) is 0. The Bertz CT molecular complexity index is 525. The molecule has 1 aromatic carbocycles. The lowest BCUT2D eigenvalue weighted by Crippen LogP contribution is -2.33. The van der Waals surface area contributed by atoms with Gasteiger partial charge in [0.2, 0.25) is 0 Å². The molecule has 4 heteroatoms. The molecule has 0 spiro atoms. The van der Waals surface area contributed by atoms with Crippen LogP contribution < -0.4 is 0 Å². The molecular formula is C17H22FNO2. The van der Waals surface area contributed by atoms with Crippen molar-refractivity contribution >= 4 is 5.91 Å². The number of benzene rings is 1. The van der Waals surface area contributed by atoms with Crippen molar-refractivity contribution in [3.8, 4) is 11.8 Å². The Balaban J connectivity index is 3.10. The molecule has 0 aliphatic rings. The molecule has 1 amide bonds. The molecule has 0 atom stereocenters. The van der Waals surface area contributed by atoms with Crippen LogP contribution in [0.4, 0.5) is 4.39 Å². The number of halogens is 1. The lowest BCUT2D eigenvalue weighted by atomic mass is 10.1. The van der Waals surface area contributed by atoms with Crippen molar-refractivity contribution in [3.63, 3.8) is 0 Å². The van der Waals surface area contributed by atoms with E-state index >= 15 is 0 Å². The van der Waals surface area contributed by atoms with Crippen molar-refractivity contribution in [1.29, 1.82) is 0 Å². The van der Waals surface area contributed by atoms with Crippen LogP contribution in [0.25, 0.3) is 0 Å². The quantitative estimate of drug-likeness (QED) is 0.819. The Labute approximate surface area is 125 Å². The van der Waals surface area contributed by atoms with E-state index in [1.807, 2.05) is 13.8 Å². The molecule has 1 N–H and O–H groups in total. The highest BCUT2D eigenvalue weighted by molar-refractivity contribution is 5.96. The predicted octanol–water partition coefficient (Wildman–Crippen LogP) is 2.82. The zero-order valence-corrected chi connectivity index (χ0v) is 12.7. The van der Waals surface area contributed by atoms with E-state index in [2.05, 4.69) is 11.8 Å². The van der Waals surface area contributed by atoms with Gasteiger partial charge >= 0.3 is 0 Å². The molecular weight excluding hydrogens is 269 g/mol. The van der Waals surface area contributed by atoms with Crippen molar-refractivity contribution in [3.05, 3.63) is 35.1 Å². The van der Waals surface area contributed by atoms with Gasteiger partial charge in [-0.15, -0.1) is 0 Å². The third-order valence-corrected chi connectivity index (χ3v) is 2.95. The van der Waals surface area contributed by atoms with Crippen LogP contribution >= 0.6 is 0 Å². The lowest BCUT2D eigenvalue weighted by molar-refractivity contribution is 0.0755. The molecule has 3 nitrogen and oxygen atoms in total. The molecule has 0 aliphatic heterocycles. The summed E-state index contributed by atoms with van der Waals surface area (Å²) in [6.07, 6.45) is 2.05. The fourth-order valence-electron chi connectivity index (χ4n) is 2.05. The Morgan fingerprint density at radius 1 is 1.29 bits per heavy atom. The first-order valence-electron chi connectivity index (χ1n) is 7.32. The van der Waals surface area contributed by atoms with Crippen LogP contribution in [0.3, 0.4) is 0 Å². The summed E-state index contributed by atoms with van der Waals surface area (Å²) < 4.78 is 13.4.